The number of hydrogen-bond acceptors (Lipinski definition) is 3. The molecule has 1 saturated heterocycles. The number of rotatable bonds is 8. The Bertz CT molecular complexity index is 933. The van der Waals surface area contributed by atoms with E-state index >= 15 is 0 Å². The smallest absolute Gasteiger partial charge is 0.226 e. The van der Waals surface area contributed by atoms with Gasteiger partial charge < -0.3 is 10.2 Å². The summed E-state index contributed by atoms with van der Waals surface area (Å²) in [6.07, 6.45) is 3.74. The van der Waals surface area contributed by atoms with Crippen molar-refractivity contribution >= 4 is 17.4 Å². The number of carbonyl (C=O) groups excluding carboxylic acids is 2. The molecule has 1 amide bonds. The first kappa shape index (κ1) is 25.2. The number of benzene rings is 2. The minimum atomic E-state index is -0.0216. The van der Waals surface area contributed by atoms with Crippen molar-refractivity contribution in [3.05, 3.63) is 65.2 Å². The molecule has 1 aliphatic rings. The molecule has 0 bridgehead atoms. The highest BCUT2D eigenvalue weighted by atomic mass is 16.1. The number of carbonyl (C=O) groups is 2. The average Bonchev–Trinajstić information content (AvgIpc) is 2.79. The number of hydrogen-bond donors (Lipinski definition) is 1. The number of nitrogens with zero attached hydrogens (tertiary/aromatic N) is 1. The van der Waals surface area contributed by atoms with E-state index in [-0.39, 0.29) is 23.0 Å². The van der Waals surface area contributed by atoms with Gasteiger partial charge >= 0.3 is 0 Å². The van der Waals surface area contributed by atoms with Crippen molar-refractivity contribution in [2.45, 2.75) is 71.6 Å². The first-order chi connectivity index (χ1) is 15.6. The Morgan fingerprint density at radius 2 is 1.70 bits per heavy atom. The maximum Gasteiger partial charge on any atom is 0.226 e. The van der Waals surface area contributed by atoms with Crippen LogP contribution in [0.5, 0.6) is 0 Å². The van der Waals surface area contributed by atoms with Crippen LogP contribution < -0.4 is 5.32 Å². The third-order valence-electron chi connectivity index (χ3n) is 6.69. The van der Waals surface area contributed by atoms with E-state index in [0.29, 0.717) is 12.3 Å². The number of piperidine rings is 1. The summed E-state index contributed by atoms with van der Waals surface area (Å²) >= 11 is 0. The fraction of sp³-hybridized carbons (Fsp3) is 0.517. The molecule has 0 aliphatic carbocycles. The number of Topliss-reactive ketones (excluding diaryl/α,β-unsaturated/α-hetero) is 1. The van der Waals surface area contributed by atoms with Gasteiger partial charge in [-0.15, -0.1) is 0 Å². The molecule has 178 valence electrons. The monoisotopic (exact) mass is 448 g/mol. The first-order valence-corrected chi connectivity index (χ1v) is 12.4. The van der Waals surface area contributed by atoms with E-state index in [1.54, 1.807) is 0 Å². The Kier molecular flexibility index (Phi) is 8.47. The third-order valence-corrected chi connectivity index (χ3v) is 6.69. The summed E-state index contributed by atoms with van der Waals surface area (Å²) in [5, 5.41) is 3.01. The van der Waals surface area contributed by atoms with Crippen molar-refractivity contribution in [1.29, 1.82) is 0 Å². The molecule has 1 N–H and O–H groups in total. The van der Waals surface area contributed by atoms with Crippen LogP contribution in [0.1, 0.15) is 87.7 Å². The van der Waals surface area contributed by atoms with Crippen molar-refractivity contribution < 1.29 is 9.59 Å². The van der Waals surface area contributed by atoms with Crippen LogP contribution in [0.4, 0.5) is 5.69 Å². The fourth-order valence-corrected chi connectivity index (χ4v) is 4.41. The Morgan fingerprint density at radius 1 is 1.03 bits per heavy atom. The van der Waals surface area contributed by atoms with Gasteiger partial charge in [0.25, 0.3) is 0 Å². The van der Waals surface area contributed by atoms with E-state index in [1.807, 2.05) is 38.1 Å². The zero-order chi connectivity index (χ0) is 24.0. The minimum absolute atomic E-state index is 0.0216. The van der Waals surface area contributed by atoms with E-state index in [4.69, 9.17) is 0 Å². The standard InChI is InChI=1S/C29H40N2O2/c1-21(2)28(33)30-26-9-6-8-24(20-26)22-15-18-31(19-16-22)17-7-10-27(32)23-11-13-25(14-12-23)29(3,4)5/h6,8-9,11-14,20-22H,7,10,15-19H2,1-5H3,(H,30,33). The summed E-state index contributed by atoms with van der Waals surface area (Å²) in [5.74, 6) is 0.805. The van der Waals surface area contributed by atoms with Crippen LogP contribution in [0.2, 0.25) is 0 Å². The third kappa shape index (κ3) is 7.26. The van der Waals surface area contributed by atoms with Gasteiger partial charge in [-0.1, -0.05) is 71.0 Å². The molecule has 2 aromatic carbocycles. The van der Waals surface area contributed by atoms with Gasteiger partial charge in [-0.2, -0.15) is 0 Å². The number of amides is 1. The highest BCUT2D eigenvalue weighted by Crippen LogP contribution is 2.30. The summed E-state index contributed by atoms with van der Waals surface area (Å²) in [6.45, 7) is 13.5. The largest absolute Gasteiger partial charge is 0.326 e. The molecule has 0 spiro atoms. The lowest BCUT2D eigenvalue weighted by atomic mass is 9.86. The lowest BCUT2D eigenvalue weighted by molar-refractivity contribution is -0.118. The van der Waals surface area contributed by atoms with Crippen LogP contribution in [0, 0.1) is 5.92 Å². The van der Waals surface area contributed by atoms with Crippen molar-refractivity contribution in [2.24, 2.45) is 5.92 Å². The molecule has 0 atom stereocenters. The van der Waals surface area contributed by atoms with E-state index in [1.165, 1.54) is 11.1 Å². The normalized spacial score (nSPS) is 15.6. The number of nitrogens with one attached hydrogen (secondary N) is 1. The van der Waals surface area contributed by atoms with Crippen molar-refractivity contribution in [2.75, 3.05) is 25.0 Å². The average molecular weight is 449 g/mol. The molecule has 1 heterocycles. The van der Waals surface area contributed by atoms with Gasteiger partial charge in [0.05, 0.1) is 0 Å². The molecule has 1 aliphatic heterocycles. The molecule has 0 saturated carbocycles. The highest BCUT2D eigenvalue weighted by molar-refractivity contribution is 5.96. The predicted octanol–water partition coefficient (Wildman–Crippen LogP) is 6.42. The fourth-order valence-electron chi connectivity index (χ4n) is 4.41. The van der Waals surface area contributed by atoms with Crippen LogP contribution in [0.15, 0.2) is 48.5 Å². The van der Waals surface area contributed by atoms with Gasteiger partial charge in [0.2, 0.25) is 5.91 Å². The van der Waals surface area contributed by atoms with Gasteiger partial charge in [-0.3, -0.25) is 9.59 Å². The van der Waals surface area contributed by atoms with E-state index < -0.39 is 0 Å². The van der Waals surface area contributed by atoms with E-state index in [9.17, 15) is 9.59 Å². The zero-order valence-corrected chi connectivity index (χ0v) is 21.0. The molecule has 2 aromatic rings. The maximum absolute atomic E-state index is 12.6. The summed E-state index contributed by atoms with van der Waals surface area (Å²) < 4.78 is 0. The molecule has 4 heteroatoms. The van der Waals surface area contributed by atoms with Crippen LogP contribution in [0.3, 0.4) is 0 Å². The van der Waals surface area contributed by atoms with Crippen LogP contribution >= 0.6 is 0 Å². The van der Waals surface area contributed by atoms with Crippen LogP contribution in [-0.4, -0.2) is 36.2 Å². The summed E-state index contributed by atoms with van der Waals surface area (Å²) in [7, 11) is 0. The Morgan fingerprint density at radius 3 is 2.30 bits per heavy atom. The highest BCUT2D eigenvalue weighted by Gasteiger charge is 2.21. The lowest BCUT2D eigenvalue weighted by Gasteiger charge is -2.32. The second-order valence-corrected chi connectivity index (χ2v) is 10.7. The first-order valence-electron chi connectivity index (χ1n) is 12.4. The topological polar surface area (TPSA) is 49.4 Å². The lowest BCUT2D eigenvalue weighted by Crippen LogP contribution is -2.33. The molecule has 33 heavy (non-hydrogen) atoms. The van der Waals surface area contributed by atoms with Gasteiger partial charge in [-0.05, 0) is 73.5 Å². The Labute approximate surface area is 199 Å². The van der Waals surface area contributed by atoms with Gasteiger partial charge in [0, 0.05) is 23.6 Å². The molecule has 3 rings (SSSR count). The molecule has 0 aromatic heterocycles. The molecular formula is C29H40N2O2. The number of ketones is 1. The maximum atomic E-state index is 12.6. The van der Waals surface area contributed by atoms with Crippen LogP contribution in [-0.2, 0) is 10.2 Å². The van der Waals surface area contributed by atoms with Crippen molar-refractivity contribution in [3.63, 3.8) is 0 Å². The second-order valence-electron chi connectivity index (χ2n) is 10.7. The van der Waals surface area contributed by atoms with Gasteiger partial charge in [0.15, 0.2) is 5.78 Å². The molecule has 0 radical (unpaired) electrons. The van der Waals surface area contributed by atoms with Gasteiger partial charge in [-0.25, -0.2) is 0 Å². The van der Waals surface area contributed by atoms with E-state index in [2.05, 4.69) is 55.3 Å². The quantitative estimate of drug-likeness (QED) is 0.474. The molecule has 4 nitrogen and oxygen atoms in total. The summed E-state index contributed by atoms with van der Waals surface area (Å²) in [6, 6.07) is 16.4. The number of anilines is 1. The Hall–Kier alpha value is -2.46. The van der Waals surface area contributed by atoms with Crippen LogP contribution in [0.25, 0.3) is 0 Å². The summed E-state index contributed by atoms with van der Waals surface area (Å²) in [4.78, 5) is 27.1. The van der Waals surface area contributed by atoms with Gasteiger partial charge in [0.1, 0.15) is 0 Å². The summed E-state index contributed by atoms with van der Waals surface area (Å²) in [5.41, 5.74) is 4.39. The molecule has 1 fully saturated rings. The zero-order valence-electron chi connectivity index (χ0n) is 21.0. The van der Waals surface area contributed by atoms with E-state index in [0.717, 1.165) is 50.1 Å². The number of likely N-dealkylation sites (tertiary alicyclic amines) is 1. The Balaban J connectivity index is 1.43. The van der Waals surface area contributed by atoms with Crippen molar-refractivity contribution in [3.8, 4) is 0 Å². The SMILES string of the molecule is CC(C)C(=O)Nc1cccc(C2CCN(CCCC(=O)c3ccc(C(C)(C)C)cc3)CC2)c1. The molecule has 0 unspecified atom stereocenters. The molecular weight excluding hydrogens is 408 g/mol. The van der Waals surface area contributed by atoms with Crippen molar-refractivity contribution in [1.82, 2.24) is 4.90 Å². The minimum Gasteiger partial charge on any atom is -0.326 e. The second kappa shape index (κ2) is 11.1. The predicted molar refractivity (Wildman–Crippen MR) is 137 cm³/mol.